The monoisotopic (exact) mass is 492 g/mol. The minimum Gasteiger partial charge on any atom is -0.506 e. The Morgan fingerprint density at radius 1 is 0.741 bits per heavy atom. The Balaban J connectivity index is 2.23. The van der Waals surface area contributed by atoms with E-state index in [4.69, 9.17) is 0 Å². The van der Waals surface area contributed by atoms with Gasteiger partial charge in [0.1, 0.15) is 11.5 Å². The van der Waals surface area contributed by atoms with Crippen molar-refractivity contribution in [1.29, 1.82) is 0 Å². The van der Waals surface area contributed by atoms with Crippen molar-refractivity contribution < 1.29 is 10.2 Å². The van der Waals surface area contributed by atoms with Crippen molar-refractivity contribution in [1.82, 2.24) is 0 Å². The van der Waals surface area contributed by atoms with Crippen molar-refractivity contribution in [2.24, 2.45) is 5.92 Å². The Morgan fingerprint density at radius 2 is 1.07 bits per heavy atom. The topological polar surface area (TPSA) is 40.5 Å². The van der Waals surface area contributed by atoms with E-state index < -0.39 is 0 Å². The molecule has 4 heteroatoms. The van der Waals surface area contributed by atoms with Crippen LogP contribution in [-0.4, -0.2) is 10.2 Å². The van der Waals surface area contributed by atoms with Crippen LogP contribution in [0.15, 0.2) is 21.1 Å². The van der Waals surface area contributed by atoms with Gasteiger partial charge in [-0.15, -0.1) is 0 Å². The van der Waals surface area contributed by atoms with Crippen LogP contribution < -0.4 is 0 Å². The lowest BCUT2D eigenvalue weighted by atomic mass is 9.61. The number of aromatic hydroxyl groups is 2. The standard InChI is InChI=1S/C23H26Br2O2/c1-10-8-12-14(16(24)18(10)26)23(7)15-13(9-11(2)19(27)17(15)25)22(5,6)20(23)21(12,3)4/h8-9,20,26-27H,1-7H3. The van der Waals surface area contributed by atoms with E-state index in [1.807, 2.05) is 13.8 Å². The SMILES string of the molecule is Cc1cc2c(c(Br)c1O)C1(C)c3c(cc(C)c(O)c3Br)C(C)(C)C1C2(C)C. The Hall–Kier alpha value is -1.00. The zero-order valence-corrected chi connectivity index (χ0v) is 20.1. The number of aryl methyl sites for hydroxylation is 2. The minimum absolute atomic E-state index is 0.0868. The van der Waals surface area contributed by atoms with Crippen LogP contribution >= 0.6 is 31.9 Å². The van der Waals surface area contributed by atoms with E-state index in [0.717, 1.165) is 31.2 Å². The van der Waals surface area contributed by atoms with Gasteiger partial charge in [-0.2, -0.15) is 0 Å². The van der Waals surface area contributed by atoms with Gasteiger partial charge < -0.3 is 10.2 Å². The van der Waals surface area contributed by atoms with Crippen molar-refractivity contribution in [2.75, 3.05) is 0 Å². The lowest BCUT2D eigenvalue weighted by Crippen LogP contribution is -2.42. The highest BCUT2D eigenvalue weighted by Gasteiger charge is 2.66. The average molecular weight is 494 g/mol. The molecule has 27 heavy (non-hydrogen) atoms. The van der Waals surface area contributed by atoms with Gasteiger partial charge in [0.05, 0.1) is 8.95 Å². The molecule has 144 valence electrons. The molecule has 0 spiro atoms. The van der Waals surface area contributed by atoms with Crippen molar-refractivity contribution >= 4 is 31.9 Å². The number of phenolic OH excluding ortho intramolecular Hbond substituents is 2. The van der Waals surface area contributed by atoms with Crippen LogP contribution in [0.25, 0.3) is 0 Å². The molecule has 2 aromatic carbocycles. The first-order chi connectivity index (χ1) is 12.3. The molecule has 0 radical (unpaired) electrons. The number of phenols is 2. The lowest BCUT2D eigenvalue weighted by Gasteiger charge is -2.41. The molecule has 2 nitrogen and oxygen atoms in total. The first-order valence-electron chi connectivity index (χ1n) is 9.35. The largest absolute Gasteiger partial charge is 0.506 e. The maximum Gasteiger partial charge on any atom is 0.132 e. The van der Waals surface area contributed by atoms with E-state index in [1.165, 1.54) is 11.1 Å². The van der Waals surface area contributed by atoms with Gasteiger partial charge in [0, 0.05) is 5.41 Å². The van der Waals surface area contributed by atoms with Crippen molar-refractivity contribution in [3.63, 3.8) is 0 Å². The summed E-state index contributed by atoms with van der Waals surface area (Å²) in [7, 11) is 0. The molecule has 0 amide bonds. The summed E-state index contributed by atoms with van der Waals surface area (Å²) in [6.45, 7) is 15.5. The average Bonchev–Trinajstić information content (AvgIpc) is 2.85. The third kappa shape index (κ3) is 2.02. The van der Waals surface area contributed by atoms with Crippen LogP contribution in [0.2, 0.25) is 0 Å². The van der Waals surface area contributed by atoms with Gasteiger partial charge in [-0.25, -0.2) is 0 Å². The highest BCUT2D eigenvalue weighted by atomic mass is 79.9. The number of hydrogen-bond acceptors (Lipinski definition) is 2. The summed E-state index contributed by atoms with van der Waals surface area (Å²) in [5.74, 6) is 0.910. The van der Waals surface area contributed by atoms with Crippen molar-refractivity contribution in [3.05, 3.63) is 54.5 Å². The number of benzene rings is 2. The predicted octanol–water partition coefficient (Wildman–Crippen LogP) is 6.74. The zero-order chi connectivity index (χ0) is 20.3. The Kier molecular flexibility index (Phi) is 3.81. The summed E-state index contributed by atoms with van der Waals surface area (Å²) >= 11 is 7.45. The molecular formula is C23H26Br2O2. The second kappa shape index (κ2) is 5.33. The second-order valence-corrected chi connectivity index (χ2v) is 11.2. The molecule has 0 unspecified atom stereocenters. The number of rotatable bonds is 0. The molecule has 0 atom stereocenters. The molecule has 4 rings (SSSR count). The molecule has 0 aromatic heterocycles. The van der Waals surface area contributed by atoms with Gasteiger partial charge in [-0.1, -0.05) is 46.8 Å². The van der Waals surface area contributed by atoms with Crippen LogP contribution in [-0.2, 0) is 16.2 Å². The molecule has 0 aliphatic heterocycles. The van der Waals surface area contributed by atoms with E-state index in [9.17, 15) is 10.2 Å². The fraction of sp³-hybridized carbons (Fsp3) is 0.478. The van der Waals surface area contributed by atoms with Gasteiger partial charge in [0.2, 0.25) is 0 Å². The highest BCUT2D eigenvalue weighted by molar-refractivity contribution is 9.11. The van der Waals surface area contributed by atoms with Crippen LogP contribution in [0.5, 0.6) is 11.5 Å². The minimum atomic E-state index is -0.328. The normalized spacial score (nSPS) is 26.6. The number of fused-ring (bicyclic) bond motifs is 5. The Morgan fingerprint density at radius 3 is 1.41 bits per heavy atom. The third-order valence-electron chi connectivity index (χ3n) is 7.31. The third-order valence-corrected chi connectivity index (χ3v) is 8.85. The molecule has 2 N–H and O–H groups in total. The summed E-state index contributed by atoms with van der Waals surface area (Å²) < 4.78 is 1.57. The predicted molar refractivity (Wildman–Crippen MR) is 117 cm³/mol. The maximum atomic E-state index is 10.7. The molecule has 0 heterocycles. The molecule has 2 aromatic rings. The Bertz CT molecular complexity index is 941. The van der Waals surface area contributed by atoms with Gasteiger partial charge >= 0.3 is 0 Å². The smallest absolute Gasteiger partial charge is 0.132 e. The molecule has 2 aliphatic carbocycles. The highest BCUT2D eigenvalue weighted by Crippen LogP contribution is 2.71. The maximum absolute atomic E-state index is 10.7. The second-order valence-electron chi connectivity index (χ2n) is 9.64. The van der Waals surface area contributed by atoms with Gasteiger partial charge in [0.25, 0.3) is 0 Å². The van der Waals surface area contributed by atoms with Crippen LogP contribution in [0.3, 0.4) is 0 Å². The molecule has 0 saturated heterocycles. The van der Waals surface area contributed by atoms with E-state index >= 15 is 0 Å². The van der Waals surface area contributed by atoms with Crippen molar-refractivity contribution in [3.8, 4) is 11.5 Å². The number of hydrogen-bond donors (Lipinski definition) is 2. The number of halogens is 2. The molecule has 0 saturated carbocycles. The van der Waals surface area contributed by atoms with Gasteiger partial charge in [0.15, 0.2) is 0 Å². The molecule has 0 fully saturated rings. The van der Waals surface area contributed by atoms with Crippen LogP contribution in [0, 0.1) is 19.8 Å². The van der Waals surface area contributed by atoms with E-state index in [-0.39, 0.29) is 22.2 Å². The van der Waals surface area contributed by atoms with Crippen LogP contribution in [0.4, 0.5) is 0 Å². The lowest BCUT2D eigenvalue weighted by molar-refractivity contribution is 0.182. The molecular weight excluding hydrogens is 468 g/mol. The first-order valence-corrected chi connectivity index (χ1v) is 10.9. The fourth-order valence-electron chi connectivity index (χ4n) is 6.64. The summed E-state index contributed by atoms with van der Waals surface area (Å²) in [4.78, 5) is 0. The van der Waals surface area contributed by atoms with Crippen molar-refractivity contribution in [2.45, 2.75) is 64.7 Å². The first kappa shape index (κ1) is 19.3. The summed E-state index contributed by atoms with van der Waals surface area (Å²) in [5, 5.41) is 21.4. The van der Waals surface area contributed by atoms with Gasteiger partial charge in [-0.05, 0) is 95.8 Å². The fourth-order valence-corrected chi connectivity index (χ4v) is 8.51. The summed E-state index contributed by atoms with van der Waals surface area (Å²) in [5.41, 5.74) is 6.14. The van der Waals surface area contributed by atoms with E-state index in [2.05, 4.69) is 78.6 Å². The molecule has 2 aliphatic rings. The zero-order valence-electron chi connectivity index (χ0n) is 16.9. The van der Waals surface area contributed by atoms with E-state index in [1.54, 1.807) is 0 Å². The molecule has 0 bridgehead atoms. The van der Waals surface area contributed by atoms with E-state index in [0.29, 0.717) is 11.5 Å². The summed E-state index contributed by atoms with van der Waals surface area (Å²) in [6.07, 6.45) is 0. The Labute approximate surface area is 178 Å². The summed E-state index contributed by atoms with van der Waals surface area (Å²) in [6, 6.07) is 4.30. The van der Waals surface area contributed by atoms with Crippen LogP contribution in [0.1, 0.15) is 68.0 Å². The van der Waals surface area contributed by atoms with Gasteiger partial charge in [-0.3, -0.25) is 0 Å². The quantitative estimate of drug-likeness (QED) is 0.426.